The van der Waals surface area contributed by atoms with E-state index < -0.39 is 0 Å². The molecule has 130 valence electrons. The number of para-hydroxylation sites is 2. The summed E-state index contributed by atoms with van der Waals surface area (Å²) in [7, 11) is 0. The maximum absolute atomic E-state index is 4.97. The van der Waals surface area contributed by atoms with Crippen LogP contribution >= 0.6 is 0 Å². The molecule has 0 saturated carbocycles. The van der Waals surface area contributed by atoms with Crippen LogP contribution in [0.3, 0.4) is 0 Å². The highest BCUT2D eigenvalue weighted by Crippen LogP contribution is 2.33. The summed E-state index contributed by atoms with van der Waals surface area (Å²) in [6.07, 6.45) is 1.80. The maximum atomic E-state index is 4.97. The van der Waals surface area contributed by atoms with Gasteiger partial charge in [-0.25, -0.2) is 15.0 Å². The van der Waals surface area contributed by atoms with Crippen molar-refractivity contribution in [2.24, 2.45) is 0 Å². The Bertz CT molecular complexity index is 1510. The fourth-order valence-electron chi connectivity index (χ4n) is 3.76. The summed E-state index contributed by atoms with van der Waals surface area (Å²) < 4.78 is 0. The molecule has 0 fully saturated rings. The molecule has 0 spiro atoms. The van der Waals surface area contributed by atoms with E-state index in [1.807, 2.05) is 60.7 Å². The summed E-state index contributed by atoms with van der Waals surface area (Å²) in [6.45, 7) is 0. The van der Waals surface area contributed by atoms with Crippen LogP contribution in [0.25, 0.3) is 55.1 Å². The van der Waals surface area contributed by atoms with Crippen molar-refractivity contribution < 1.29 is 0 Å². The third kappa shape index (κ3) is 2.18. The number of aromatic nitrogens is 4. The summed E-state index contributed by atoms with van der Waals surface area (Å²) in [5.74, 6) is 0. The zero-order chi connectivity index (χ0) is 18.5. The Hall–Kier alpha value is -3.92. The normalized spacial score (nSPS) is 11.6. The van der Waals surface area contributed by atoms with Crippen molar-refractivity contribution in [3.05, 3.63) is 85.1 Å². The van der Waals surface area contributed by atoms with E-state index in [2.05, 4.69) is 23.2 Å². The molecule has 3 aromatic heterocycles. The average molecular weight is 358 g/mol. The molecule has 3 aromatic carbocycles. The van der Waals surface area contributed by atoms with Crippen LogP contribution in [0.15, 0.2) is 85.1 Å². The Morgan fingerprint density at radius 1 is 0.464 bits per heavy atom. The average Bonchev–Trinajstić information content (AvgIpc) is 2.78. The molecule has 0 amide bonds. The number of fused-ring (bicyclic) bond motifs is 7. The van der Waals surface area contributed by atoms with Gasteiger partial charge in [0.25, 0.3) is 0 Å². The topological polar surface area (TPSA) is 51.6 Å². The molecule has 6 rings (SSSR count). The first-order valence-electron chi connectivity index (χ1n) is 9.18. The highest BCUT2D eigenvalue weighted by atomic mass is 14.8. The molecule has 0 aliphatic carbocycles. The number of nitrogens with zero attached hydrogens (tertiary/aromatic N) is 4. The van der Waals surface area contributed by atoms with E-state index in [1.165, 1.54) is 0 Å². The second-order valence-corrected chi connectivity index (χ2v) is 6.77. The van der Waals surface area contributed by atoms with Gasteiger partial charge in [-0.2, -0.15) is 0 Å². The van der Waals surface area contributed by atoms with Crippen LogP contribution in [-0.2, 0) is 0 Å². The second-order valence-electron chi connectivity index (χ2n) is 6.77. The van der Waals surface area contributed by atoms with Crippen molar-refractivity contribution in [3.63, 3.8) is 0 Å². The van der Waals surface area contributed by atoms with Gasteiger partial charge in [0.1, 0.15) is 0 Å². The molecule has 3 heterocycles. The van der Waals surface area contributed by atoms with Crippen molar-refractivity contribution in [1.82, 2.24) is 19.9 Å². The van der Waals surface area contributed by atoms with Gasteiger partial charge in [0.15, 0.2) is 0 Å². The molecule has 6 aromatic rings. The number of pyridine rings is 2. The quantitative estimate of drug-likeness (QED) is 0.286. The SMILES string of the molecule is c1ccc(-c2ccc3c(n2)c2ncccc2c2nc4ccccc4nc32)cc1. The van der Waals surface area contributed by atoms with Crippen molar-refractivity contribution >= 4 is 43.9 Å². The van der Waals surface area contributed by atoms with Crippen molar-refractivity contribution in [2.45, 2.75) is 0 Å². The molecule has 0 aliphatic heterocycles. The predicted molar refractivity (Wildman–Crippen MR) is 113 cm³/mol. The van der Waals surface area contributed by atoms with Gasteiger partial charge in [-0.15, -0.1) is 0 Å². The van der Waals surface area contributed by atoms with Crippen molar-refractivity contribution in [3.8, 4) is 11.3 Å². The summed E-state index contributed by atoms with van der Waals surface area (Å²) >= 11 is 0. The van der Waals surface area contributed by atoms with Crippen LogP contribution in [0, 0.1) is 0 Å². The van der Waals surface area contributed by atoms with Crippen LogP contribution < -0.4 is 0 Å². The van der Waals surface area contributed by atoms with E-state index >= 15 is 0 Å². The smallest absolute Gasteiger partial charge is 0.0996 e. The van der Waals surface area contributed by atoms with Gasteiger partial charge in [0, 0.05) is 22.5 Å². The summed E-state index contributed by atoms with van der Waals surface area (Å²) in [5, 5.41) is 1.94. The standard InChI is InChI=1S/C24H14N4/c1-2-7-15(8-3-1)18-13-12-17-22(26-18)21-16(9-6-14-25-21)23-24(17)28-20-11-5-4-10-19(20)27-23/h1-14H. The molecule has 28 heavy (non-hydrogen) atoms. The predicted octanol–water partition coefficient (Wildman–Crippen LogP) is 5.55. The lowest BCUT2D eigenvalue weighted by Crippen LogP contribution is -1.94. The second kappa shape index (κ2) is 5.79. The molecule has 0 saturated heterocycles. The molecule has 0 atom stereocenters. The van der Waals surface area contributed by atoms with Gasteiger partial charge < -0.3 is 0 Å². The number of hydrogen-bond donors (Lipinski definition) is 0. The van der Waals surface area contributed by atoms with Gasteiger partial charge in [-0.05, 0) is 36.4 Å². The van der Waals surface area contributed by atoms with Gasteiger partial charge in [0.2, 0.25) is 0 Å². The van der Waals surface area contributed by atoms with Gasteiger partial charge in [-0.1, -0.05) is 42.5 Å². The molecule has 0 bridgehead atoms. The first-order valence-corrected chi connectivity index (χ1v) is 9.18. The van der Waals surface area contributed by atoms with E-state index in [0.717, 1.165) is 55.1 Å². The summed E-state index contributed by atoms with van der Waals surface area (Å²) in [4.78, 5) is 19.5. The maximum Gasteiger partial charge on any atom is 0.0996 e. The Balaban J connectivity index is 1.81. The van der Waals surface area contributed by atoms with Crippen molar-refractivity contribution in [1.29, 1.82) is 0 Å². The van der Waals surface area contributed by atoms with Crippen LogP contribution in [-0.4, -0.2) is 19.9 Å². The summed E-state index contributed by atoms with van der Waals surface area (Å²) in [5.41, 5.74) is 7.21. The van der Waals surface area contributed by atoms with E-state index in [-0.39, 0.29) is 0 Å². The lowest BCUT2D eigenvalue weighted by atomic mass is 10.0. The largest absolute Gasteiger partial charge is 0.254 e. The third-order valence-electron chi connectivity index (χ3n) is 5.08. The molecule has 0 radical (unpaired) electrons. The Morgan fingerprint density at radius 2 is 1.11 bits per heavy atom. The lowest BCUT2D eigenvalue weighted by molar-refractivity contribution is 1.36. The van der Waals surface area contributed by atoms with Crippen molar-refractivity contribution in [2.75, 3.05) is 0 Å². The number of hydrogen-bond acceptors (Lipinski definition) is 4. The Labute approximate surface area is 160 Å². The van der Waals surface area contributed by atoms with Gasteiger partial charge >= 0.3 is 0 Å². The number of benzene rings is 3. The third-order valence-corrected chi connectivity index (χ3v) is 5.08. The molecule has 0 aliphatic rings. The minimum atomic E-state index is 0.854. The zero-order valence-electron chi connectivity index (χ0n) is 14.9. The van der Waals surface area contributed by atoms with Crippen LogP contribution in [0.2, 0.25) is 0 Å². The highest BCUT2D eigenvalue weighted by Gasteiger charge is 2.14. The van der Waals surface area contributed by atoms with E-state index in [0.29, 0.717) is 0 Å². The fraction of sp³-hybridized carbons (Fsp3) is 0. The molecule has 4 heteroatoms. The molecular formula is C24H14N4. The monoisotopic (exact) mass is 358 g/mol. The van der Waals surface area contributed by atoms with Crippen LogP contribution in [0.4, 0.5) is 0 Å². The van der Waals surface area contributed by atoms with E-state index in [4.69, 9.17) is 15.0 Å². The molecule has 0 unspecified atom stereocenters. The minimum Gasteiger partial charge on any atom is -0.254 e. The number of rotatable bonds is 1. The first kappa shape index (κ1) is 15.2. The van der Waals surface area contributed by atoms with Gasteiger partial charge in [-0.3, -0.25) is 4.98 Å². The molecule has 0 N–H and O–H groups in total. The highest BCUT2D eigenvalue weighted by molar-refractivity contribution is 6.21. The lowest BCUT2D eigenvalue weighted by Gasteiger charge is -2.10. The Morgan fingerprint density at radius 3 is 1.86 bits per heavy atom. The minimum absolute atomic E-state index is 0.854. The van der Waals surface area contributed by atoms with Crippen LogP contribution in [0.5, 0.6) is 0 Å². The molecule has 4 nitrogen and oxygen atoms in total. The van der Waals surface area contributed by atoms with E-state index in [9.17, 15) is 0 Å². The molecular weight excluding hydrogens is 344 g/mol. The summed E-state index contributed by atoms with van der Waals surface area (Å²) in [6, 6.07) is 26.3. The zero-order valence-corrected chi connectivity index (χ0v) is 14.9. The first-order chi connectivity index (χ1) is 13.9. The fourth-order valence-corrected chi connectivity index (χ4v) is 3.76. The van der Waals surface area contributed by atoms with Crippen LogP contribution in [0.1, 0.15) is 0 Å². The van der Waals surface area contributed by atoms with Gasteiger partial charge in [0.05, 0.1) is 38.8 Å². The van der Waals surface area contributed by atoms with E-state index in [1.54, 1.807) is 6.20 Å². The Kier molecular flexibility index (Phi) is 3.14.